The van der Waals surface area contributed by atoms with E-state index >= 15 is 0 Å². The minimum absolute atomic E-state index is 0.174. The van der Waals surface area contributed by atoms with Crippen molar-refractivity contribution in [1.29, 1.82) is 0 Å². The van der Waals surface area contributed by atoms with E-state index in [9.17, 15) is 5.11 Å². The maximum Gasteiger partial charge on any atom is 0.0739 e. The van der Waals surface area contributed by atoms with Gasteiger partial charge in [0, 0.05) is 12.6 Å². The molecule has 1 fully saturated rings. The number of aliphatic hydroxyl groups is 1. The molecule has 1 aliphatic heterocycles. The van der Waals surface area contributed by atoms with Gasteiger partial charge in [-0.1, -0.05) is 13.8 Å². The van der Waals surface area contributed by atoms with Gasteiger partial charge in [-0.15, -0.1) is 0 Å². The molecule has 0 radical (unpaired) electrons. The molecule has 15 heavy (non-hydrogen) atoms. The van der Waals surface area contributed by atoms with Gasteiger partial charge in [-0.2, -0.15) is 0 Å². The van der Waals surface area contributed by atoms with Crippen LogP contribution >= 0.6 is 0 Å². The van der Waals surface area contributed by atoms with Crippen molar-refractivity contribution in [3.05, 3.63) is 0 Å². The average molecular weight is 215 g/mol. The third kappa shape index (κ3) is 3.74. The van der Waals surface area contributed by atoms with E-state index < -0.39 is 0 Å². The number of ether oxygens (including phenoxy) is 1. The number of aliphatic hydroxyl groups excluding tert-OH is 1. The van der Waals surface area contributed by atoms with Gasteiger partial charge in [0.2, 0.25) is 0 Å². The lowest BCUT2D eigenvalue weighted by Crippen LogP contribution is -2.51. The van der Waals surface area contributed by atoms with Gasteiger partial charge in [0.25, 0.3) is 0 Å². The zero-order chi connectivity index (χ0) is 11.4. The lowest BCUT2D eigenvalue weighted by Gasteiger charge is -2.39. The summed E-state index contributed by atoms with van der Waals surface area (Å²) in [5.41, 5.74) is 0. The van der Waals surface area contributed by atoms with Crippen LogP contribution < -0.4 is 0 Å². The number of nitrogens with zero attached hydrogens (tertiary/aromatic N) is 1. The quantitative estimate of drug-likeness (QED) is 0.771. The summed E-state index contributed by atoms with van der Waals surface area (Å²) in [5, 5.41) is 9.90. The van der Waals surface area contributed by atoms with Crippen LogP contribution in [0.25, 0.3) is 0 Å². The highest BCUT2D eigenvalue weighted by atomic mass is 16.5. The SMILES string of the molecule is CC(C)CC(C)N(C)C1COCCC1O. The Morgan fingerprint density at radius 2 is 2.07 bits per heavy atom. The molecule has 0 spiro atoms. The fourth-order valence-corrected chi connectivity index (χ4v) is 2.28. The summed E-state index contributed by atoms with van der Waals surface area (Å²) in [6.07, 6.45) is 1.71. The third-order valence-corrected chi connectivity index (χ3v) is 3.32. The first-order valence-corrected chi connectivity index (χ1v) is 6.00. The molecule has 1 saturated heterocycles. The third-order valence-electron chi connectivity index (χ3n) is 3.32. The van der Waals surface area contributed by atoms with Crippen molar-refractivity contribution in [2.45, 2.75) is 51.8 Å². The molecule has 1 N–H and O–H groups in total. The molecule has 3 heteroatoms. The van der Waals surface area contributed by atoms with E-state index in [0.717, 1.165) is 6.42 Å². The van der Waals surface area contributed by atoms with Crippen molar-refractivity contribution in [3.63, 3.8) is 0 Å². The first-order valence-electron chi connectivity index (χ1n) is 6.00. The molecule has 0 aliphatic carbocycles. The Labute approximate surface area is 93.4 Å². The molecule has 1 rings (SSSR count). The second kappa shape index (κ2) is 5.83. The van der Waals surface area contributed by atoms with Gasteiger partial charge in [-0.3, -0.25) is 4.90 Å². The minimum atomic E-state index is -0.224. The second-order valence-electron chi connectivity index (χ2n) is 5.14. The molecule has 0 amide bonds. The zero-order valence-corrected chi connectivity index (χ0v) is 10.4. The normalized spacial score (nSPS) is 29.8. The van der Waals surface area contributed by atoms with Crippen LogP contribution in [0.5, 0.6) is 0 Å². The predicted molar refractivity (Wildman–Crippen MR) is 61.9 cm³/mol. The van der Waals surface area contributed by atoms with Gasteiger partial charge in [0.15, 0.2) is 0 Å². The van der Waals surface area contributed by atoms with Crippen molar-refractivity contribution >= 4 is 0 Å². The molecule has 1 aliphatic rings. The lowest BCUT2D eigenvalue weighted by atomic mass is 9.99. The molecule has 3 nitrogen and oxygen atoms in total. The van der Waals surface area contributed by atoms with Crippen molar-refractivity contribution in [3.8, 4) is 0 Å². The Morgan fingerprint density at radius 3 is 2.60 bits per heavy atom. The highest BCUT2D eigenvalue weighted by molar-refractivity contribution is 4.83. The molecule has 0 aromatic heterocycles. The van der Waals surface area contributed by atoms with E-state index in [0.29, 0.717) is 25.2 Å². The average Bonchev–Trinajstić information content (AvgIpc) is 2.16. The Morgan fingerprint density at radius 1 is 1.40 bits per heavy atom. The fourth-order valence-electron chi connectivity index (χ4n) is 2.28. The van der Waals surface area contributed by atoms with Crippen LogP contribution in [0, 0.1) is 5.92 Å². The van der Waals surface area contributed by atoms with E-state index in [1.54, 1.807) is 0 Å². The van der Waals surface area contributed by atoms with Crippen molar-refractivity contribution < 1.29 is 9.84 Å². The number of likely N-dealkylation sites (N-methyl/N-ethyl adjacent to an activating group) is 1. The molecular formula is C12H25NO2. The Hall–Kier alpha value is -0.120. The van der Waals surface area contributed by atoms with Crippen LogP contribution in [0.1, 0.15) is 33.6 Å². The maximum atomic E-state index is 9.90. The summed E-state index contributed by atoms with van der Waals surface area (Å²) >= 11 is 0. The zero-order valence-electron chi connectivity index (χ0n) is 10.4. The molecule has 0 bridgehead atoms. The molecule has 0 aromatic rings. The largest absolute Gasteiger partial charge is 0.391 e. The second-order valence-corrected chi connectivity index (χ2v) is 5.14. The molecule has 3 unspecified atom stereocenters. The Kier molecular flexibility index (Phi) is 5.03. The molecule has 0 aromatic carbocycles. The van der Waals surface area contributed by atoms with Gasteiger partial charge in [-0.25, -0.2) is 0 Å². The summed E-state index contributed by atoms with van der Waals surface area (Å²) in [5.74, 6) is 0.698. The summed E-state index contributed by atoms with van der Waals surface area (Å²) in [6.45, 7) is 8.06. The number of hydrogen-bond donors (Lipinski definition) is 1. The smallest absolute Gasteiger partial charge is 0.0739 e. The maximum absolute atomic E-state index is 9.90. The Balaban J connectivity index is 2.46. The molecule has 3 atom stereocenters. The van der Waals surface area contributed by atoms with Gasteiger partial charge in [-0.05, 0) is 32.7 Å². The number of hydrogen-bond acceptors (Lipinski definition) is 3. The molecular weight excluding hydrogens is 190 g/mol. The standard InChI is InChI=1S/C12H25NO2/c1-9(2)7-10(3)13(4)11-8-15-6-5-12(11)14/h9-12,14H,5-8H2,1-4H3. The lowest BCUT2D eigenvalue weighted by molar-refractivity contribution is -0.0650. The van der Waals surface area contributed by atoms with E-state index in [1.165, 1.54) is 6.42 Å². The summed E-state index contributed by atoms with van der Waals surface area (Å²) in [6, 6.07) is 0.679. The van der Waals surface area contributed by atoms with Crippen LogP contribution in [0.15, 0.2) is 0 Å². The van der Waals surface area contributed by atoms with Gasteiger partial charge in [0.1, 0.15) is 0 Å². The fraction of sp³-hybridized carbons (Fsp3) is 1.00. The monoisotopic (exact) mass is 215 g/mol. The highest BCUT2D eigenvalue weighted by Gasteiger charge is 2.29. The summed E-state index contributed by atoms with van der Waals surface area (Å²) in [4.78, 5) is 2.27. The topological polar surface area (TPSA) is 32.7 Å². The first-order chi connectivity index (χ1) is 7.02. The van der Waals surface area contributed by atoms with Crippen molar-refractivity contribution in [2.24, 2.45) is 5.92 Å². The van der Waals surface area contributed by atoms with Crippen LogP contribution in [0.3, 0.4) is 0 Å². The molecule has 0 saturated carbocycles. The van der Waals surface area contributed by atoms with Crippen LogP contribution in [-0.4, -0.2) is 48.5 Å². The van der Waals surface area contributed by atoms with E-state index in [1.807, 2.05) is 0 Å². The van der Waals surface area contributed by atoms with Gasteiger partial charge < -0.3 is 9.84 Å². The number of rotatable bonds is 4. The van der Waals surface area contributed by atoms with Crippen LogP contribution in [-0.2, 0) is 4.74 Å². The van der Waals surface area contributed by atoms with E-state index in [2.05, 4.69) is 32.7 Å². The summed E-state index contributed by atoms with van der Waals surface area (Å²) < 4.78 is 5.43. The minimum Gasteiger partial charge on any atom is -0.391 e. The molecule has 90 valence electrons. The predicted octanol–water partition coefficient (Wildman–Crippen LogP) is 1.50. The highest BCUT2D eigenvalue weighted by Crippen LogP contribution is 2.18. The Bertz CT molecular complexity index is 184. The summed E-state index contributed by atoms with van der Waals surface area (Å²) in [7, 11) is 2.09. The van der Waals surface area contributed by atoms with Crippen LogP contribution in [0.4, 0.5) is 0 Å². The first kappa shape index (κ1) is 12.9. The van der Waals surface area contributed by atoms with Crippen molar-refractivity contribution in [1.82, 2.24) is 4.90 Å². The van der Waals surface area contributed by atoms with Gasteiger partial charge in [0.05, 0.1) is 18.8 Å². The van der Waals surface area contributed by atoms with Crippen molar-refractivity contribution in [2.75, 3.05) is 20.3 Å². The van der Waals surface area contributed by atoms with Crippen LogP contribution in [0.2, 0.25) is 0 Å². The van der Waals surface area contributed by atoms with E-state index in [-0.39, 0.29) is 12.1 Å². The molecule has 1 heterocycles. The van der Waals surface area contributed by atoms with E-state index in [4.69, 9.17) is 4.74 Å². The van der Waals surface area contributed by atoms with Gasteiger partial charge >= 0.3 is 0 Å².